The Morgan fingerprint density at radius 1 is 1.40 bits per heavy atom. The molecule has 3 nitrogen and oxygen atoms in total. The molecule has 0 saturated heterocycles. The van der Waals surface area contributed by atoms with E-state index < -0.39 is 0 Å². The van der Waals surface area contributed by atoms with E-state index in [0.29, 0.717) is 23.4 Å². The van der Waals surface area contributed by atoms with Crippen molar-refractivity contribution in [2.24, 2.45) is 0 Å². The SMILES string of the molecule is CCc1oc(N)nc1-c1ccccc1F. The predicted molar refractivity (Wildman–Crippen MR) is 55.7 cm³/mol. The van der Waals surface area contributed by atoms with Crippen LogP contribution in [0.3, 0.4) is 0 Å². The van der Waals surface area contributed by atoms with Crippen LogP contribution in [0.2, 0.25) is 0 Å². The van der Waals surface area contributed by atoms with Crippen LogP contribution in [0.25, 0.3) is 11.3 Å². The van der Waals surface area contributed by atoms with Crippen molar-refractivity contribution < 1.29 is 8.81 Å². The molecular weight excluding hydrogens is 195 g/mol. The lowest BCUT2D eigenvalue weighted by Crippen LogP contribution is -1.88. The third-order valence-corrected chi connectivity index (χ3v) is 2.16. The van der Waals surface area contributed by atoms with E-state index in [1.54, 1.807) is 18.2 Å². The summed E-state index contributed by atoms with van der Waals surface area (Å²) in [7, 11) is 0. The molecule has 0 amide bonds. The molecule has 1 heterocycles. The molecule has 0 fully saturated rings. The van der Waals surface area contributed by atoms with Gasteiger partial charge in [-0.05, 0) is 12.1 Å². The number of anilines is 1. The van der Waals surface area contributed by atoms with E-state index in [1.807, 2.05) is 6.92 Å². The minimum absolute atomic E-state index is 0.0742. The van der Waals surface area contributed by atoms with Crippen LogP contribution in [-0.4, -0.2) is 4.98 Å². The number of hydrogen-bond donors (Lipinski definition) is 1. The Hall–Kier alpha value is -1.84. The van der Waals surface area contributed by atoms with Gasteiger partial charge in [0.05, 0.1) is 0 Å². The van der Waals surface area contributed by atoms with Crippen molar-refractivity contribution >= 4 is 6.01 Å². The summed E-state index contributed by atoms with van der Waals surface area (Å²) in [6.45, 7) is 1.91. The van der Waals surface area contributed by atoms with Gasteiger partial charge in [0.2, 0.25) is 0 Å². The van der Waals surface area contributed by atoms with Crippen LogP contribution in [-0.2, 0) is 6.42 Å². The Labute approximate surface area is 86.7 Å². The van der Waals surface area contributed by atoms with Crippen LogP contribution in [0, 0.1) is 5.82 Å². The lowest BCUT2D eigenvalue weighted by molar-refractivity contribution is 0.530. The minimum Gasteiger partial charge on any atom is -0.428 e. The van der Waals surface area contributed by atoms with E-state index in [2.05, 4.69) is 4.98 Å². The smallest absolute Gasteiger partial charge is 0.292 e. The molecule has 0 saturated carbocycles. The van der Waals surface area contributed by atoms with Crippen molar-refractivity contribution in [2.75, 3.05) is 5.73 Å². The second-order valence-corrected chi connectivity index (χ2v) is 3.16. The van der Waals surface area contributed by atoms with Gasteiger partial charge in [0.25, 0.3) is 6.01 Å². The number of halogens is 1. The highest BCUT2D eigenvalue weighted by atomic mass is 19.1. The van der Waals surface area contributed by atoms with Crippen molar-refractivity contribution in [3.63, 3.8) is 0 Å². The van der Waals surface area contributed by atoms with Crippen LogP contribution in [0.4, 0.5) is 10.4 Å². The van der Waals surface area contributed by atoms with Crippen molar-refractivity contribution in [2.45, 2.75) is 13.3 Å². The second kappa shape index (κ2) is 3.73. The summed E-state index contributed by atoms with van der Waals surface area (Å²) in [5, 5.41) is 0. The van der Waals surface area contributed by atoms with Gasteiger partial charge < -0.3 is 10.2 Å². The monoisotopic (exact) mass is 206 g/mol. The number of rotatable bonds is 2. The molecule has 0 aliphatic rings. The molecule has 0 unspecified atom stereocenters. The normalized spacial score (nSPS) is 10.5. The molecule has 0 aliphatic carbocycles. The van der Waals surface area contributed by atoms with Crippen molar-refractivity contribution in [1.29, 1.82) is 0 Å². The molecule has 0 atom stereocenters. The Morgan fingerprint density at radius 2 is 2.13 bits per heavy atom. The molecule has 1 aromatic carbocycles. The third-order valence-electron chi connectivity index (χ3n) is 2.16. The Morgan fingerprint density at radius 3 is 2.80 bits per heavy atom. The third kappa shape index (κ3) is 1.70. The largest absolute Gasteiger partial charge is 0.428 e. The highest BCUT2D eigenvalue weighted by molar-refractivity contribution is 5.63. The summed E-state index contributed by atoms with van der Waals surface area (Å²) in [6, 6.07) is 6.51. The van der Waals surface area contributed by atoms with E-state index in [-0.39, 0.29) is 11.8 Å². The lowest BCUT2D eigenvalue weighted by atomic mass is 10.1. The first-order valence-electron chi connectivity index (χ1n) is 4.72. The highest BCUT2D eigenvalue weighted by Gasteiger charge is 2.14. The molecule has 15 heavy (non-hydrogen) atoms. The number of nitrogen functional groups attached to an aromatic ring is 1. The van der Waals surface area contributed by atoms with E-state index in [4.69, 9.17) is 10.2 Å². The Kier molecular flexibility index (Phi) is 2.41. The summed E-state index contributed by atoms with van der Waals surface area (Å²) in [5.41, 5.74) is 6.36. The van der Waals surface area contributed by atoms with Gasteiger partial charge in [0.1, 0.15) is 17.3 Å². The summed E-state index contributed by atoms with van der Waals surface area (Å²) >= 11 is 0. The molecular formula is C11H11FN2O. The van der Waals surface area contributed by atoms with E-state index >= 15 is 0 Å². The standard InChI is InChI=1S/C11H11FN2O/c1-2-9-10(14-11(13)15-9)7-5-3-4-6-8(7)12/h3-6H,2H2,1H3,(H2,13,14). The Balaban J connectivity index is 2.58. The topological polar surface area (TPSA) is 52.0 Å². The van der Waals surface area contributed by atoms with Crippen LogP contribution in [0.15, 0.2) is 28.7 Å². The number of aromatic nitrogens is 1. The summed E-state index contributed by atoms with van der Waals surface area (Å²) in [6.07, 6.45) is 0.633. The van der Waals surface area contributed by atoms with Crippen LogP contribution >= 0.6 is 0 Å². The zero-order valence-corrected chi connectivity index (χ0v) is 8.33. The van der Waals surface area contributed by atoms with Gasteiger partial charge in [-0.15, -0.1) is 0 Å². The van der Waals surface area contributed by atoms with Gasteiger partial charge in [-0.2, -0.15) is 4.98 Å². The number of oxazole rings is 1. The molecule has 4 heteroatoms. The predicted octanol–water partition coefficient (Wildman–Crippen LogP) is 2.63. The Bertz CT molecular complexity index is 479. The molecule has 2 rings (SSSR count). The van der Waals surface area contributed by atoms with E-state index in [9.17, 15) is 4.39 Å². The fraction of sp³-hybridized carbons (Fsp3) is 0.182. The first-order chi connectivity index (χ1) is 7.22. The van der Waals surface area contributed by atoms with Gasteiger partial charge in [0.15, 0.2) is 0 Å². The fourth-order valence-corrected chi connectivity index (χ4v) is 1.47. The number of aryl methyl sites for hydroxylation is 1. The maximum absolute atomic E-state index is 13.5. The van der Waals surface area contributed by atoms with Crippen molar-refractivity contribution in [3.05, 3.63) is 35.8 Å². The molecule has 2 aromatic rings. The average Bonchev–Trinajstić information content (AvgIpc) is 2.60. The van der Waals surface area contributed by atoms with Crippen LogP contribution in [0.1, 0.15) is 12.7 Å². The molecule has 0 bridgehead atoms. The summed E-state index contributed by atoms with van der Waals surface area (Å²) in [5.74, 6) is 0.290. The molecule has 0 radical (unpaired) electrons. The van der Waals surface area contributed by atoms with E-state index in [0.717, 1.165) is 0 Å². The van der Waals surface area contributed by atoms with E-state index in [1.165, 1.54) is 6.07 Å². The van der Waals surface area contributed by atoms with Crippen LogP contribution in [0.5, 0.6) is 0 Å². The van der Waals surface area contributed by atoms with Crippen LogP contribution < -0.4 is 5.73 Å². The first-order valence-corrected chi connectivity index (χ1v) is 4.72. The summed E-state index contributed by atoms with van der Waals surface area (Å²) < 4.78 is 18.7. The van der Waals surface area contributed by atoms with Crippen molar-refractivity contribution in [3.8, 4) is 11.3 Å². The first kappa shape index (κ1) is 9.71. The number of benzene rings is 1. The fourth-order valence-electron chi connectivity index (χ4n) is 1.47. The zero-order chi connectivity index (χ0) is 10.8. The molecule has 0 aliphatic heterocycles. The maximum atomic E-state index is 13.5. The number of nitrogens with two attached hydrogens (primary N) is 1. The summed E-state index contributed by atoms with van der Waals surface area (Å²) in [4.78, 5) is 3.98. The maximum Gasteiger partial charge on any atom is 0.292 e. The molecule has 0 spiro atoms. The molecule has 2 N–H and O–H groups in total. The average molecular weight is 206 g/mol. The quantitative estimate of drug-likeness (QED) is 0.821. The molecule has 78 valence electrons. The number of hydrogen-bond acceptors (Lipinski definition) is 3. The van der Waals surface area contributed by atoms with Gasteiger partial charge in [-0.25, -0.2) is 4.39 Å². The van der Waals surface area contributed by atoms with Crippen molar-refractivity contribution in [1.82, 2.24) is 4.98 Å². The highest BCUT2D eigenvalue weighted by Crippen LogP contribution is 2.27. The molecule has 1 aromatic heterocycles. The minimum atomic E-state index is -0.319. The number of nitrogens with zero attached hydrogens (tertiary/aromatic N) is 1. The van der Waals surface area contributed by atoms with Gasteiger partial charge in [-0.3, -0.25) is 0 Å². The van der Waals surface area contributed by atoms with Gasteiger partial charge >= 0.3 is 0 Å². The van der Waals surface area contributed by atoms with Gasteiger partial charge in [0, 0.05) is 12.0 Å². The zero-order valence-electron chi connectivity index (χ0n) is 8.33. The van der Waals surface area contributed by atoms with Gasteiger partial charge in [-0.1, -0.05) is 19.1 Å². The lowest BCUT2D eigenvalue weighted by Gasteiger charge is -1.99. The second-order valence-electron chi connectivity index (χ2n) is 3.16.